The van der Waals surface area contributed by atoms with Gasteiger partial charge < -0.3 is 15.6 Å². The van der Waals surface area contributed by atoms with Crippen LogP contribution in [0.15, 0.2) is 5.16 Å². The average molecular weight is 313 g/mol. The van der Waals surface area contributed by atoms with Crippen LogP contribution in [0.5, 0.6) is 0 Å². The van der Waals surface area contributed by atoms with E-state index in [0.717, 1.165) is 0 Å². The minimum Gasteiger partial charge on any atom is -0.345 e. The zero-order chi connectivity index (χ0) is 16.0. The average Bonchev–Trinajstić information content (AvgIpc) is 2.83. The molecule has 0 radical (unpaired) electrons. The van der Waals surface area contributed by atoms with E-state index in [2.05, 4.69) is 15.5 Å². The molecule has 0 aliphatic heterocycles. The molecule has 1 heterocycles. The van der Waals surface area contributed by atoms with Gasteiger partial charge in [0.15, 0.2) is 10.9 Å². The van der Waals surface area contributed by atoms with Crippen molar-refractivity contribution < 1.29 is 9.59 Å². The fourth-order valence-electron chi connectivity index (χ4n) is 1.98. The van der Waals surface area contributed by atoms with Crippen LogP contribution in [0.3, 0.4) is 0 Å². The first-order chi connectivity index (χ1) is 9.90. The molecule has 1 atom stereocenters. The molecule has 0 saturated heterocycles. The Morgan fingerprint density at radius 2 is 2.05 bits per heavy atom. The summed E-state index contributed by atoms with van der Waals surface area (Å²) in [5.74, 6) is 0.738. The summed E-state index contributed by atoms with van der Waals surface area (Å²) in [6.07, 6.45) is 0. The van der Waals surface area contributed by atoms with Gasteiger partial charge in [-0.3, -0.25) is 9.59 Å². The van der Waals surface area contributed by atoms with Crippen LogP contribution in [0.4, 0.5) is 0 Å². The van der Waals surface area contributed by atoms with Crippen molar-refractivity contribution in [1.82, 2.24) is 20.1 Å². The number of hydrogen-bond acceptors (Lipinski definition) is 6. The molecular formula is C13H23N5O2S. The molecule has 118 valence electrons. The lowest BCUT2D eigenvalue weighted by molar-refractivity contribution is -0.126. The van der Waals surface area contributed by atoms with E-state index in [1.165, 1.54) is 18.7 Å². The van der Waals surface area contributed by atoms with Gasteiger partial charge in [0.2, 0.25) is 5.91 Å². The van der Waals surface area contributed by atoms with Gasteiger partial charge in [-0.05, 0) is 19.8 Å². The van der Waals surface area contributed by atoms with Gasteiger partial charge in [-0.25, -0.2) is 0 Å². The van der Waals surface area contributed by atoms with E-state index in [0.29, 0.717) is 24.1 Å². The molecule has 0 bridgehead atoms. The highest BCUT2D eigenvalue weighted by Gasteiger charge is 2.21. The van der Waals surface area contributed by atoms with Gasteiger partial charge >= 0.3 is 0 Å². The zero-order valence-corrected chi connectivity index (χ0v) is 13.7. The second-order valence-corrected chi connectivity index (χ2v) is 5.98. The van der Waals surface area contributed by atoms with Gasteiger partial charge in [-0.1, -0.05) is 25.6 Å². The lowest BCUT2D eigenvalue weighted by atomic mass is 10.0. The number of rotatable bonds is 8. The Bertz CT molecular complexity index is 501. The summed E-state index contributed by atoms with van der Waals surface area (Å²) in [6.45, 7) is 8.27. The minimum absolute atomic E-state index is 0.0366. The molecule has 0 spiro atoms. The number of hydrogen-bond donors (Lipinski definition) is 2. The van der Waals surface area contributed by atoms with Crippen molar-refractivity contribution in [2.45, 2.75) is 52.0 Å². The lowest BCUT2D eigenvalue weighted by Gasteiger charge is -2.19. The number of ketones is 1. The van der Waals surface area contributed by atoms with Gasteiger partial charge in [0.25, 0.3) is 0 Å². The number of nitrogens with zero attached hydrogens (tertiary/aromatic N) is 3. The molecule has 1 unspecified atom stereocenters. The van der Waals surface area contributed by atoms with E-state index in [-0.39, 0.29) is 23.4 Å². The Labute approximate surface area is 129 Å². The monoisotopic (exact) mass is 313 g/mol. The first-order valence-corrected chi connectivity index (χ1v) is 7.94. The number of nitrogens with one attached hydrogen (secondary N) is 1. The van der Waals surface area contributed by atoms with Crippen molar-refractivity contribution in [1.29, 1.82) is 0 Å². The highest BCUT2D eigenvalue weighted by atomic mass is 32.2. The molecule has 0 aromatic carbocycles. The van der Waals surface area contributed by atoms with Crippen LogP contribution >= 0.6 is 11.8 Å². The maximum absolute atomic E-state index is 11.9. The third-order valence-electron chi connectivity index (χ3n) is 3.05. The second kappa shape index (κ2) is 8.14. The van der Waals surface area contributed by atoms with E-state index in [1.54, 1.807) is 0 Å². The summed E-state index contributed by atoms with van der Waals surface area (Å²) in [4.78, 5) is 23.4. The molecule has 0 aliphatic carbocycles. The normalized spacial score (nSPS) is 12.5. The van der Waals surface area contributed by atoms with Crippen LogP contribution in [0.25, 0.3) is 0 Å². The fraction of sp³-hybridized carbons (Fsp3) is 0.692. The van der Waals surface area contributed by atoms with Gasteiger partial charge in [0.05, 0.1) is 18.3 Å². The van der Waals surface area contributed by atoms with Gasteiger partial charge in [0.1, 0.15) is 5.82 Å². The van der Waals surface area contributed by atoms with Crippen LogP contribution in [0.1, 0.15) is 33.5 Å². The summed E-state index contributed by atoms with van der Waals surface area (Å²) >= 11 is 1.29. The second-order valence-electron chi connectivity index (χ2n) is 5.04. The molecule has 7 nitrogen and oxygen atoms in total. The standard InChI is InChI=1S/C13H23N5O2S/c1-5-18-10(6-14)16-17-13(18)21-7-11(20)15-12(8(2)3)9(4)19/h8,12H,5-7,14H2,1-4H3,(H,15,20). The first-order valence-electron chi connectivity index (χ1n) is 6.95. The van der Waals surface area contributed by atoms with E-state index in [4.69, 9.17) is 5.73 Å². The molecule has 0 aliphatic rings. The van der Waals surface area contributed by atoms with Crippen LogP contribution in [0.2, 0.25) is 0 Å². The summed E-state index contributed by atoms with van der Waals surface area (Å²) in [5, 5.41) is 11.4. The van der Waals surface area contributed by atoms with Gasteiger partial charge in [-0.15, -0.1) is 10.2 Å². The number of carbonyl (C=O) groups excluding carboxylic acids is 2. The quantitative estimate of drug-likeness (QED) is 0.681. The van der Waals surface area contributed by atoms with E-state index < -0.39 is 6.04 Å². The molecular weight excluding hydrogens is 290 g/mol. The third kappa shape index (κ3) is 4.82. The van der Waals surface area contributed by atoms with Crippen molar-refractivity contribution >= 4 is 23.5 Å². The Balaban J connectivity index is 2.61. The topological polar surface area (TPSA) is 103 Å². The van der Waals surface area contributed by atoms with Gasteiger partial charge in [-0.2, -0.15) is 0 Å². The van der Waals surface area contributed by atoms with Crippen LogP contribution in [0, 0.1) is 5.92 Å². The summed E-state index contributed by atoms with van der Waals surface area (Å²) in [5.41, 5.74) is 5.58. The molecule has 0 saturated carbocycles. The molecule has 1 rings (SSSR count). The van der Waals surface area contributed by atoms with Crippen molar-refractivity contribution in [3.05, 3.63) is 5.82 Å². The number of carbonyl (C=O) groups is 2. The van der Waals surface area contributed by atoms with E-state index in [9.17, 15) is 9.59 Å². The van der Waals surface area contributed by atoms with Gasteiger partial charge in [0, 0.05) is 6.54 Å². The third-order valence-corrected chi connectivity index (χ3v) is 4.01. The zero-order valence-electron chi connectivity index (χ0n) is 12.9. The van der Waals surface area contributed by atoms with Crippen molar-refractivity contribution in [3.63, 3.8) is 0 Å². The number of thioether (sulfide) groups is 1. The molecule has 0 fully saturated rings. The van der Waals surface area contributed by atoms with Crippen molar-refractivity contribution in [2.75, 3.05) is 5.75 Å². The summed E-state index contributed by atoms with van der Waals surface area (Å²) in [6, 6.07) is -0.443. The Morgan fingerprint density at radius 1 is 1.38 bits per heavy atom. The Kier molecular flexibility index (Phi) is 6.83. The number of nitrogens with two attached hydrogens (primary N) is 1. The number of aromatic nitrogens is 3. The summed E-state index contributed by atoms with van der Waals surface area (Å²) < 4.78 is 1.88. The number of Topliss-reactive ketones (excluding diaryl/α,β-unsaturated/α-hetero) is 1. The van der Waals surface area contributed by atoms with Crippen LogP contribution in [-0.2, 0) is 22.7 Å². The SMILES string of the molecule is CCn1c(CN)nnc1SCC(=O)NC(C(C)=O)C(C)C. The smallest absolute Gasteiger partial charge is 0.231 e. The molecule has 8 heteroatoms. The van der Waals surface area contributed by atoms with Crippen molar-refractivity contribution in [2.24, 2.45) is 11.7 Å². The Morgan fingerprint density at radius 3 is 2.52 bits per heavy atom. The molecule has 3 N–H and O–H groups in total. The van der Waals surface area contributed by atoms with Crippen molar-refractivity contribution in [3.8, 4) is 0 Å². The minimum atomic E-state index is -0.443. The highest BCUT2D eigenvalue weighted by molar-refractivity contribution is 7.99. The highest BCUT2D eigenvalue weighted by Crippen LogP contribution is 2.16. The molecule has 1 aromatic rings. The van der Waals surface area contributed by atoms with E-state index >= 15 is 0 Å². The summed E-state index contributed by atoms with van der Waals surface area (Å²) in [7, 11) is 0. The van der Waals surface area contributed by atoms with Crippen LogP contribution in [-0.4, -0.2) is 38.2 Å². The predicted molar refractivity (Wildman–Crippen MR) is 81.8 cm³/mol. The molecule has 1 aromatic heterocycles. The molecule has 1 amide bonds. The molecule has 21 heavy (non-hydrogen) atoms. The lowest BCUT2D eigenvalue weighted by Crippen LogP contribution is -2.44. The first kappa shape index (κ1) is 17.6. The fourth-order valence-corrected chi connectivity index (χ4v) is 2.81. The Hall–Kier alpha value is -1.41. The maximum Gasteiger partial charge on any atom is 0.231 e. The maximum atomic E-state index is 11.9. The van der Waals surface area contributed by atoms with Crippen LogP contribution < -0.4 is 11.1 Å². The largest absolute Gasteiger partial charge is 0.345 e. The predicted octanol–water partition coefficient (Wildman–Crippen LogP) is 0.579. The van der Waals surface area contributed by atoms with E-state index in [1.807, 2.05) is 25.3 Å². The number of amides is 1.